The smallest absolute Gasteiger partial charge is 0.138 e. The fourth-order valence-electron chi connectivity index (χ4n) is 5.75. The maximum atomic E-state index is 10.6. The van der Waals surface area contributed by atoms with Crippen molar-refractivity contribution in [3.8, 4) is 39.4 Å². The van der Waals surface area contributed by atoms with Crippen molar-refractivity contribution >= 4 is 0 Å². The summed E-state index contributed by atoms with van der Waals surface area (Å²) in [7, 11) is 0. The van der Waals surface area contributed by atoms with E-state index < -0.39 is 5.41 Å². The number of rotatable bonds is 4. The summed E-state index contributed by atoms with van der Waals surface area (Å²) < 4.78 is 0. The monoisotopic (exact) mass is 490 g/mol. The zero-order valence-corrected chi connectivity index (χ0v) is 20.4. The summed E-state index contributed by atoms with van der Waals surface area (Å²) in [6, 6.07) is 38.9. The van der Waals surface area contributed by atoms with Crippen LogP contribution in [0.4, 0.5) is 0 Å². The maximum absolute atomic E-state index is 10.6. The number of fused-ring (bicyclic) bond motifs is 3. The van der Waals surface area contributed by atoms with Crippen LogP contribution in [0.2, 0.25) is 0 Å². The van der Waals surface area contributed by atoms with E-state index in [0.717, 1.165) is 28.2 Å². The summed E-state index contributed by atoms with van der Waals surface area (Å²) in [5.41, 5.74) is 9.12. The van der Waals surface area contributed by atoms with Gasteiger partial charge in [0.05, 0.1) is 28.7 Å². The van der Waals surface area contributed by atoms with E-state index in [1.165, 1.54) is 28.6 Å². The first-order valence-electron chi connectivity index (χ1n) is 12.5. The second-order valence-corrected chi connectivity index (χ2v) is 9.34. The lowest BCUT2D eigenvalue weighted by Crippen LogP contribution is -2.30. The largest absolute Gasteiger partial charge is 0.507 e. The van der Waals surface area contributed by atoms with E-state index in [4.69, 9.17) is 4.98 Å². The van der Waals surface area contributed by atoms with Crippen LogP contribution in [0.1, 0.15) is 22.4 Å². The number of aromatic hydroxyl groups is 1. The molecule has 2 aromatic heterocycles. The summed E-state index contributed by atoms with van der Waals surface area (Å²) in [5.74, 6) is 0.205. The molecule has 0 unspecified atom stereocenters. The Balaban J connectivity index is 1.56. The van der Waals surface area contributed by atoms with Gasteiger partial charge in [0.1, 0.15) is 12.1 Å². The van der Waals surface area contributed by atoms with Gasteiger partial charge in [0.2, 0.25) is 0 Å². The third-order valence-electron chi connectivity index (χ3n) is 7.35. The van der Waals surface area contributed by atoms with Crippen LogP contribution in [-0.4, -0.2) is 25.3 Å². The van der Waals surface area contributed by atoms with Crippen molar-refractivity contribution in [1.29, 1.82) is 0 Å². The molecule has 6 aromatic rings. The molecule has 0 aliphatic heterocycles. The van der Waals surface area contributed by atoms with Crippen LogP contribution in [0.25, 0.3) is 33.6 Å². The van der Waals surface area contributed by atoms with Gasteiger partial charge in [-0.05, 0) is 58.1 Å². The molecule has 180 valence electrons. The molecule has 1 N–H and O–H groups in total. The van der Waals surface area contributed by atoms with E-state index in [1.807, 2.05) is 36.4 Å². The molecule has 1 aliphatic rings. The number of aromatic nitrogens is 4. The number of benzene rings is 4. The predicted octanol–water partition coefficient (Wildman–Crippen LogP) is 6.67. The number of nitrogens with zero attached hydrogens (tertiary/aromatic N) is 4. The average molecular weight is 491 g/mol. The van der Waals surface area contributed by atoms with Crippen LogP contribution in [0, 0.1) is 0 Å². The molecular weight excluding hydrogens is 468 g/mol. The molecular formula is C33H22N4O. The minimum atomic E-state index is -0.677. The van der Waals surface area contributed by atoms with Gasteiger partial charge in [-0.25, -0.2) is 4.98 Å². The minimum Gasteiger partial charge on any atom is -0.507 e. The number of phenolic OH excluding ortho intramolecular Hbond substituents is 1. The summed E-state index contributed by atoms with van der Waals surface area (Å²) >= 11 is 0. The molecule has 7 rings (SSSR count). The summed E-state index contributed by atoms with van der Waals surface area (Å²) in [5, 5.41) is 18.5. The van der Waals surface area contributed by atoms with Gasteiger partial charge in [0.25, 0.3) is 0 Å². The van der Waals surface area contributed by atoms with Crippen LogP contribution in [-0.2, 0) is 5.41 Å². The van der Waals surface area contributed by atoms with Gasteiger partial charge in [-0.3, -0.25) is 4.98 Å². The Bertz CT molecular complexity index is 1750. The molecule has 0 saturated heterocycles. The summed E-state index contributed by atoms with van der Waals surface area (Å²) in [4.78, 5) is 9.68. The highest BCUT2D eigenvalue weighted by molar-refractivity contribution is 5.86. The van der Waals surface area contributed by atoms with Gasteiger partial charge in [0.15, 0.2) is 0 Å². The lowest BCUT2D eigenvalue weighted by atomic mass is 9.69. The fraction of sp³-hybridized carbons (Fsp3) is 0.0303. The van der Waals surface area contributed by atoms with Gasteiger partial charge in [-0.2, -0.15) is 5.10 Å². The highest BCUT2D eigenvalue weighted by Gasteiger charge is 2.47. The van der Waals surface area contributed by atoms with Crippen molar-refractivity contribution in [2.75, 3.05) is 0 Å². The van der Waals surface area contributed by atoms with Crippen molar-refractivity contribution in [2.24, 2.45) is 0 Å². The Morgan fingerprint density at radius 2 is 1.26 bits per heavy atom. The molecule has 0 radical (unpaired) electrons. The molecule has 0 bridgehead atoms. The molecule has 4 aromatic carbocycles. The summed E-state index contributed by atoms with van der Waals surface area (Å²) in [6.45, 7) is 0. The molecule has 0 amide bonds. The molecule has 5 heteroatoms. The molecule has 38 heavy (non-hydrogen) atoms. The first-order valence-corrected chi connectivity index (χ1v) is 12.5. The standard InChI is InChI=1S/C33H22N4O/c38-31-17-6-3-13-26(31)29-16-8-18-32(37-29)33(23-10-7-9-22(19-23)30-20-35-36-21-34-30)27-14-4-1-11-24(27)25-12-2-5-15-28(25)33/h1-21,38H. The number of hydrogen-bond donors (Lipinski definition) is 1. The van der Waals surface area contributed by atoms with E-state index >= 15 is 0 Å². The van der Waals surface area contributed by atoms with Crippen LogP contribution < -0.4 is 0 Å². The highest BCUT2D eigenvalue weighted by Crippen LogP contribution is 2.56. The van der Waals surface area contributed by atoms with Crippen molar-refractivity contribution < 1.29 is 5.11 Å². The minimum absolute atomic E-state index is 0.205. The van der Waals surface area contributed by atoms with Crippen molar-refractivity contribution in [1.82, 2.24) is 20.2 Å². The van der Waals surface area contributed by atoms with Gasteiger partial charge in [-0.1, -0.05) is 84.9 Å². The topological polar surface area (TPSA) is 71.8 Å². The molecule has 0 saturated carbocycles. The Morgan fingerprint density at radius 1 is 0.579 bits per heavy atom. The van der Waals surface area contributed by atoms with Crippen LogP contribution in [0.3, 0.4) is 0 Å². The van der Waals surface area contributed by atoms with Crippen molar-refractivity contribution in [3.63, 3.8) is 0 Å². The van der Waals surface area contributed by atoms with E-state index in [-0.39, 0.29) is 5.75 Å². The SMILES string of the molecule is Oc1ccccc1-c1cccc(C2(c3cccc(-c4cnncn4)c3)c3ccccc3-c3ccccc32)n1. The van der Waals surface area contributed by atoms with Gasteiger partial charge >= 0.3 is 0 Å². The fourth-order valence-corrected chi connectivity index (χ4v) is 5.75. The number of phenols is 1. The molecule has 0 atom stereocenters. The summed E-state index contributed by atoms with van der Waals surface area (Å²) in [6.07, 6.45) is 3.15. The second kappa shape index (κ2) is 8.75. The van der Waals surface area contributed by atoms with Gasteiger partial charge in [-0.15, -0.1) is 5.10 Å². The lowest BCUT2D eigenvalue weighted by Gasteiger charge is -2.33. The Labute approximate surface area is 220 Å². The van der Waals surface area contributed by atoms with Crippen LogP contribution in [0.15, 0.2) is 128 Å². The predicted molar refractivity (Wildman–Crippen MR) is 147 cm³/mol. The van der Waals surface area contributed by atoms with Crippen molar-refractivity contribution in [2.45, 2.75) is 5.41 Å². The van der Waals surface area contributed by atoms with Crippen LogP contribution >= 0.6 is 0 Å². The highest BCUT2D eigenvalue weighted by atomic mass is 16.3. The molecule has 5 nitrogen and oxygen atoms in total. The Morgan fingerprint density at radius 3 is 1.97 bits per heavy atom. The lowest BCUT2D eigenvalue weighted by molar-refractivity contribution is 0.477. The van der Waals surface area contributed by atoms with Gasteiger partial charge < -0.3 is 5.11 Å². The van der Waals surface area contributed by atoms with E-state index in [2.05, 4.69) is 88.0 Å². The Hall–Kier alpha value is -5.16. The third kappa shape index (κ3) is 3.26. The molecule has 0 spiro atoms. The van der Waals surface area contributed by atoms with E-state index in [1.54, 1.807) is 12.3 Å². The first-order chi connectivity index (χ1) is 18.8. The number of hydrogen-bond acceptors (Lipinski definition) is 5. The quantitative estimate of drug-likeness (QED) is 0.298. The first kappa shape index (κ1) is 22.1. The Kier molecular flexibility index (Phi) is 5.08. The maximum Gasteiger partial charge on any atom is 0.138 e. The molecule has 1 aliphatic carbocycles. The number of pyridine rings is 1. The normalized spacial score (nSPS) is 13.1. The molecule has 0 fully saturated rings. The molecule has 2 heterocycles. The average Bonchev–Trinajstić information content (AvgIpc) is 3.29. The van der Waals surface area contributed by atoms with Crippen LogP contribution in [0.5, 0.6) is 5.75 Å². The van der Waals surface area contributed by atoms with Crippen molar-refractivity contribution in [3.05, 3.63) is 150 Å². The van der Waals surface area contributed by atoms with E-state index in [0.29, 0.717) is 5.56 Å². The van der Waals surface area contributed by atoms with E-state index in [9.17, 15) is 5.11 Å². The number of para-hydroxylation sites is 1. The zero-order valence-electron chi connectivity index (χ0n) is 20.4. The second-order valence-electron chi connectivity index (χ2n) is 9.34. The zero-order chi connectivity index (χ0) is 25.5. The van der Waals surface area contributed by atoms with Gasteiger partial charge in [0, 0.05) is 11.1 Å². The third-order valence-corrected chi connectivity index (χ3v) is 7.35.